The molecular weight excluding hydrogens is 354 g/mol. The average Bonchev–Trinajstić information content (AvgIpc) is 3.00. The lowest BCUT2D eigenvalue weighted by molar-refractivity contribution is -0.113. The molecule has 3 rings (SSSR count). The largest absolute Gasteiger partial charge is 0.361 e. The third-order valence-electron chi connectivity index (χ3n) is 3.76. The van der Waals surface area contributed by atoms with Gasteiger partial charge in [0.15, 0.2) is 0 Å². The molecule has 0 saturated carbocycles. The number of aromatic nitrogens is 2. The minimum absolute atomic E-state index is 0.215. The summed E-state index contributed by atoms with van der Waals surface area (Å²) < 4.78 is 1.01. The summed E-state index contributed by atoms with van der Waals surface area (Å²) >= 11 is 3.52. The number of carbonyl (C=O) groups is 1. The van der Waals surface area contributed by atoms with Crippen LogP contribution >= 0.6 is 15.9 Å². The number of benzene rings is 1. The van der Waals surface area contributed by atoms with Crippen LogP contribution in [0.5, 0.6) is 0 Å². The van der Waals surface area contributed by atoms with Gasteiger partial charge in [-0.2, -0.15) is 0 Å². The summed E-state index contributed by atoms with van der Waals surface area (Å²) in [4.78, 5) is 21.7. The quantitative estimate of drug-likeness (QED) is 0.674. The van der Waals surface area contributed by atoms with Crippen molar-refractivity contribution in [3.8, 4) is 0 Å². The predicted octanol–water partition coefficient (Wildman–Crippen LogP) is 4.79. The van der Waals surface area contributed by atoms with E-state index in [0.29, 0.717) is 5.82 Å². The Kier molecular flexibility index (Phi) is 4.05. The van der Waals surface area contributed by atoms with E-state index in [1.54, 1.807) is 11.1 Å². The fourth-order valence-corrected chi connectivity index (χ4v) is 2.97. The van der Waals surface area contributed by atoms with Crippen LogP contribution < -0.4 is 4.90 Å². The van der Waals surface area contributed by atoms with Crippen LogP contribution in [0.2, 0.25) is 0 Å². The second-order valence-corrected chi connectivity index (χ2v) is 6.23. The van der Waals surface area contributed by atoms with E-state index in [1.165, 1.54) is 6.08 Å². The molecule has 0 aliphatic heterocycles. The average molecular weight is 370 g/mol. The van der Waals surface area contributed by atoms with Crippen molar-refractivity contribution in [2.75, 3.05) is 4.90 Å². The summed E-state index contributed by atoms with van der Waals surface area (Å²) in [6.07, 6.45) is 4.91. The summed E-state index contributed by atoms with van der Waals surface area (Å²) in [5.74, 6) is 0.350. The first kappa shape index (κ1) is 15.5. The molecule has 0 spiro atoms. The van der Waals surface area contributed by atoms with Crippen LogP contribution in [0.1, 0.15) is 11.1 Å². The molecular formula is C18H16BrN3O. The third kappa shape index (κ3) is 2.80. The molecule has 2 aromatic heterocycles. The van der Waals surface area contributed by atoms with Crippen molar-refractivity contribution in [3.63, 3.8) is 0 Å². The zero-order valence-corrected chi connectivity index (χ0v) is 14.5. The van der Waals surface area contributed by atoms with Gasteiger partial charge in [0, 0.05) is 28.3 Å². The number of nitrogens with one attached hydrogen (secondary N) is 1. The second kappa shape index (κ2) is 6.01. The topological polar surface area (TPSA) is 49.0 Å². The number of carbonyl (C=O) groups excluding carboxylic acids is 1. The number of hydrogen-bond donors (Lipinski definition) is 1. The fourth-order valence-electron chi connectivity index (χ4n) is 2.51. The highest BCUT2D eigenvalue weighted by Crippen LogP contribution is 2.32. The smallest absolute Gasteiger partial charge is 0.256 e. The van der Waals surface area contributed by atoms with Crippen LogP contribution in [0.15, 0.2) is 53.8 Å². The lowest BCUT2D eigenvalue weighted by Crippen LogP contribution is -2.25. The van der Waals surface area contributed by atoms with Crippen molar-refractivity contribution >= 4 is 44.2 Å². The lowest BCUT2D eigenvalue weighted by Gasteiger charge is -2.23. The Morgan fingerprint density at radius 2 is 2.09 bits per heavy atom. The molecule has 3 aromatic rings. The van der Waals surface area contributed by atoms with Crippen molar-refractivity contribution in [2.45, 2.75) is 13.8 Å². The Bertz CT molecular complexity index is 914. The number of aryl methyl sites for hydroxylation is 2. The van der Waals surface area contributed by atoms with Crippen molar-refractivity contribution in [2.24, 2.45) is 0 Å². The third-order valence-corrected chi connectivity index (χ3v) is 4.62. The van der Waals surface area contributed by atoms with Gasteiger partial charge in [-0.3, -0.25) is 9.69 Å². The summed E-state index contributed by atoms with van der Waals surface area (Å²) in [5.41, 5.74) is 3.76. The van der Waals surface area contributed by atoms with Crippen LogP contribution in [0, 0.1) is 13.8 Å². The standard InChI is InChI=1S/C18H16BrN3O/c1-4-18(23)22(16-8-11(2)14(19)7-12(16)3)17-9-15-13(10-21-17)5-6-20-15/h4-10,20H,1H2,2-3H3. The molecule has 0 aliphatic rings. The van der Waals surface area contributed by atoms with Crippen LogP contribution in [0.4, 0.5) is 11.5 Å². The maximum absolute atomic E-state index is 12.5. The fraction of sp³-hybridized carbons (Fsp3) is 0.111. The molecule has 2 heterocycles. The predicted molar refractivity (Wildman–Crippen MR) is 97.1 cm³/mol. The van der Waals surface area contributed by atoms with Gasteiger partial charge in [0.2, 0.25) is 0 Å². The molecule has 4 nitrogen and oxygen atoms in total. The Balaban J connectivity index is 2.20. The van der Waals surface area contributed by atoms with Gasteiger partial charge in [0.05, 0.1) is 11.2 Å². The van der Waals surface area contributed by atoms with Crippen molar-refractivity contribution < 1.29 is 4.79 Å². The van der Waals surface area contributed by atoms with Gasteiger partial charge in [0.1, 0.15) is 5.82 Å². The Hall–Kier alpha value is -2.40. The number of fused-ring (bicyclic) bond motifs is 1. The molecule has 23 heavy (non-hydrogen) atoms. The van der Waals surface area contributed by atoms with E-state index in [2.05, 4.69) is 32.5 Å². The number of aromatic amines is 1. The number of rotatable bonds is 3. The first-order valence-corrected chi connectivity index (χ1v) is 7.97. The van der Waals surface area contributed by atoms with E-state index in [4.69, 9.17) is 0 Å². The number of H-pyrrole nitrogens is 1. The first-order chi connectivity index (χ1) is 11.0. The van der Waals surface area contributed by atoms with Crippen molar-refractivity contribution in [1.29, 1.82) is 0 Å². The zero-order chi connectivity index (χ0) is 16.6. The molecule has 1 N–H and O–H groups in total. The summed E-state index contributed by atoms with van der Waals surface area (Å²) in [5, 5.41) is 1.00. The molecule has 116 valence electrons. The van der Waals surface area contributed by atoms with E-state index < -0.39 is 0 Å². The number of amides is 1. The van der Waals surface area contributed by atoms with E-state index in [9.17, 15) is 4.79 Å². The van der Waals surface area contributed by atoms with Crippen LogP contribution in [0.3, 0.4) is 0 Å². The summed E-state index contributed by atoms with van der Waals surface area (Å²) in [7, 11) is 0. The number of pyridine rings is 1. The number of anilines is 2. The number of nitrogens with zero attached hydrogens (tertiary/aromatic N) is 2. The Morgan fingerprint density at radius 3 is 2.83 bits per heavy atom. The first-order valence-electron chi connectivity index (χ1n) is 7.17. The van der Waals surface area contributed by atoms with Gasteiger partial charge >= 0.3 is 0 Å². The second-order valence-electron chi connectivity index (χ2n) is 5.37. The molecule has 5 heteroatoms. The van der Waals surface area contributed by atoms with Gasteiger partial charge in [-0.1, -0.05) is 22.5 Å². The highest BCUT2D eigenvalue weighted by Gasteiger charge is 2.20. The number of hydrogen-bond acceptors (Lipinski definition) is 2. The SMILES string of the molecule is C=CC(=O)N(c1cc2[nH]ccc2cn1)c1cc(C)c(Br)cc1C. The van der Waals surface area contributed by atoms with Crippen LogP contribution in [-0.2, 0) is 4.79 Å². The minimum atomic E-state index is -0.215. The van der Waals surface area contributed by atoms with E-state index in [1.807, 2.05) is 44.3 Å². The molecule has 1 aromatic carbocycles. The van der Waals surface area contributed by atoms with Gasteiger partial charge in [-0.05, 0) is 49.2 Å². The van der Waals surface area contributed by atoms with E-state index >= 15 is 0 Å². The number of halogens is 1. The van der Waals surface area contributed by atoms with Crippen LogP contribution in [0.25, 0.3) is 10.9 Å². The van der Waals surface area contributed by atoms with Crippen molar-refractivity contribution in [1.82, 2.24) is 9.97 Å². The lowest BCUT2D eigenvalue weighted by atomic mass is 10.1. The molecule has 0 aliphatic carbocycles. The molecule has 0 atom stereocenters. The molecule has 0 fully saturated rings. The van der Waals surface area contributed by atoms with Gasteiger partial charge in [-0.25, -0.2) is 4.98 Å². The Morgan fingerprint density at radius 1 is 1.30 bits per heavy atom. The molecule has 0 radical (unpaired) electrons. The van der Waals surface area contributed by atoms with E-state index in [-0.39, 0.29) is 5.91 Å². The maximum Gasteiger partial charge on any atom is 0.256 e. The minimum Gasteiger partial charge on any atom is -0.361 e. The van der Waals surface area contributed by atoms with Crippen molar-refractivity contribution in [3.05, 3.63) is 64.9 Å². The normalized spacial score (nSPS) is 10.7. The maximum atomic E-state index is 12.5. The van der Waals surface area contributed by atoms with Gasteiger partial charge in [0.25, 0.3) is 5.91 Å². The summed E-state index contributed by atoms with van der Waals surface area (Å²) in [6.45, 7) is 7.58. The van der Waals surface area contributed by atoms with Crippen LogP contribution in [-0.4, -0.2) is 15.9 Å². The Labute approximate surface area is 143 Å². The monoisotopic (exact) mass is 369 g/mol. The molecule has 0 saturated heterocycles. The highest BCUT2D eigenvalue weighted by atomic mass is 79.9. The molecule has 0 bridgehead atoms. The van der Waals surface area contributed by atoms with E-state index in [0.717, 1.165) is 32.2 Å². The highest BCUT2D eigenvalue weighted by molar-refractivity contribution is 9.10. The molecule has 1 amide bonds. The van der Waals surface area contributed by atoms with Gasteiger partial charge < -0.3 is 4.98 Å². The molecule has 0 unspecified atom stereocenters. The zero-order valence-electron chi connectivity index (χ0n) is 12.9. The summed E-state index contributed by atoms with van der Waals surface area (Å²) in [6, 6.07) is 7.79. The van der Waals surface area contributed by atoms with Gasteiger partial charge in [-0.15, -0.1) is 0 Å².